The second-order valence-electron chi connectivity index (χ2n) is 18.3. The highest BCUT2D eigenvalue weighted by molar-refractivity contribution is 5.62. The zero-order chi connectivity index (χ0) is 51.8. The number of non-ortho nitro benzene ring substituents is 4. The van der Waals surface area contributed by atoms with E-state index >= 15 is 0 Å². The Labute approximate surface area is 420 Å². The summed E-state index contributed by atoms with van der Waals surface area (Å²) in [5.74, 6) is 1.15. The number of hydrogen-bond acceptors (Lipinski definition) is 16. The van der Waals surface area contributed by atoms with Gasteiger partial charge in [-0.1, -0.05) is 51.4 Å². The number of nitro benzene ring substituents is 4. The number of unbranched alkanes of at least 4 members (excludes halogenated alkanes) is 12. The lowest BCUT2D eigenvalue weighted by molar-refractivity contribution is -0.385. The van der Waals surface area contributed by atoms with Crippen LogP contribution in [0.15, 0.2) is 48.5 Å². The number of nitrogens with two attached hydrogens (primary N) is 4. The molecule has 0 spiro atoms. The van der Waals surface area contributed by atoms with Crippen LogP contribution in [0.3, 0.4) is 0 Å². The summed E-state index contributed by atoms with van der Waals surface area (Å²) in [7, 11) is 0. The summed E-state index contributed by atoms with van der Waals surface area (Å²) in [6, 6.07) is 11.1. The lowest BCUT2D eigenvalue weighted by Gasteiger charge is -2.23. The molecule has 72 heavy (non-hydrogen) atoms. The first-order valence-electron chi connectivity index (χ1n) is 25.4. The first kappa shape index (κ1) is 56.4. The molecule has 0 saturated carbocycles. The molecule has 20 heteroatoms. The highest BCUT2D eigenvalue weighted by Gasteiger charge is 2.29. The fourth-order valence-electron chi connectivity index (χ4n) is 9.08. The molecule has 0 aromatic heterocycles. The van der Waals surface area contributed by atoms with E-state index in [1.54, 1.807) is 0 Å². The topological polar surface area (TPSA) is 314 Å². The van der Waals surface area contributed by atoms with Gasteiger partial charge in [-0.3, -0.25) is 40.5 Å². The van der Waals surface area contributed by atoms with Gasteiger partial charge in [0.25, 0.3) is 22.7 Å². The predicted octanol–water partition coefficient (Wildman–Crippen LogP) is 9.59. The largest absolute Gasteiger partial charge is 0.493 e. The van der Waals surface area contributed by atoms with Crippen LogP contribution in [-0.4, -0.2) is 72.3 Å². The van der Waals surface area contributed by atoms with Crippen molar-refractivity contribution in [1.82, 2.24) is 0 Å². The molecule has 1 aliphatic carbocycles. The van der Waals surface area contributed by atoms with E-state index < -0.39 is 19.7 Å². The maximum atomic E-state index is 12.8. The first-order valence-corrected chi connectivity index (χ1v) is 25.4. The van der Waals surface area contributed by atoms with E-state index in [9.17, 15) is 40.5 Å². The molecular formula is C52H72N8O12. The molecular weight excluding hydrogens is 929 g/mol. The standard InChI is InChI=1S/C52H72N8O12/c53-17-9-1-5-13-21-69-49-37-25-39-31-46(58(63)64)33-41(50(39)70-22-14-6-2-10-18-54)27-43-35-48(60(67)68)36-44(52(43)72-24-16-8-4-12-20-56)28-42-34-47(59(65)66)32-40(26-38(49)30-45(29-37)57(61)62)51(42)71-23-15-7-3-11-19-55/h29-36H,1-28,53-56H2. The zero-order valence-electron chi connectivity index (χ0n) is 41.4. The van der Waals surface area contributed by atoms with Crippen LogP contribution in [-0.2, 0) is 25.7 Å². The third-order valence-electron chi connectivity index (χ3n) is 12.7. The van der Waals surface area contributed by atoms with Crippen LogP contribution in [0.2, 0.25) is 0 Å². The van der Waals surface area contributed by atoms with E-state index in [-0.39, 0.29) is 97.9 Å². The normalized spacial score (nSPS) is 12.1. The molecule has 0 aliphatic heterocycles. The summed E-state index contributed by atoms with van der Waals surface area (Å²) in [5.41, 5.74) is 24.5. The molecule has 1 aliphatic rings. The highest BCUT2D eigenvalue weighted by atomic mass is 16.6. The molecule has 8 N–H and O–H groups in total. The third-order valence-corrected chi connectivity index (χ3v) is 12.7. The smallest absolute Gasteiger partial charge is 0.270 e. The average molecular weight is 1000 g/mol. The van der Waals surface area contributed by atoms with Crippen molar-refractivity contribution in [2.45, 2.75) is 128 Å². The quantitative estimate of drug-likeness (QED) is 0.0177. The van der Waals surface area contributed by atoms with E-state index in [2.05, 4.69) is 0 Å². The van der Waals surface area contributed by atoms with Crippen LogP contribution in [0.4, 0.5) is 22.7 Å². The molecule has 4 aromatic carbocycles. The third kappa shape index (κ3) is 16.8. The summed E-state index contributed by atoms with van der Waals surface area (Å²) in [6.07, 6.45) is 11.9. The van der Waals surface area contributed by atoms with Crippen molar-refractivity contribution in [1.29, 1.82) is 0 Å². The van der Waals surface area contributed by atoms with Crippen LogP contribution in [0.5, 0.6) is 23.0 Å². The summed E-state index contributed by atoms with van der Waals surface area (Å²) >= 11 is 0. The van der Waals surface area contributed by atoms with Crippen LogP contribution in [0.25, 0.3) is 0 Å². The van der Waals surface area contributed by atoms with E-state index in [0.717, 1.165) is 77.0 Å². The number of hydrogen-bond donors (Lipinski definition) is 4. The van der Waals surface area contributed by atoms with Gasteiger partial charge in [0.1, 0.15) is 23.0 Å². The Kier molecular flexibility index (Phi) is 23.3. The zero-order valence-corrected chi connectivity index (χ0v) is 41.4. The summed E-state index contributed by atoms with van der Waals surface area (Å²) in [5, 5.41) is 51.3. The second kappa shape index (κ2) is 29.8. The summed E-state index contributed by atoms with van der Waals surface area (Å²) in [4.78, 5) is 49.2. The van der Waals surface area contributed by atoms with Gasteiger partial charge in [-0.2, -0.15) is 0 Å². The van der Waals surface area contributed by atoms with Crippen LogP contribution < -0.4 is 41.9 Å². The molecule has 0 radical (unpaired) electrons. The van der Waals surface area contributed by atoms with Gasteiger partial charge >= 0.3 is 0 Å². The number of fused-ring (bicyclic) bond motifs is 8. The molecule has 392 valence electrons. The Morgan fingerprint density at radius 3 is 0.625 bits per heavy atom. The van der Waals surface area contributed by atoms with E-state index in [0.29, 0.717) is 96.4 Å². The molecule has 5 rings (SSSR count). The molecule has 0 amide bonds. The SMILES string of the molecule is NCCCCCCOc1c2cc([N+](=O)[O-])cc1Cc1cc([N+](=O)[O-])cc(c1OCCCCCCN)Cc1cc([N+](=O)[O-])cc(c1OCCCCCCN)Cc1cc([N+](=O)[O-])cc(c1OCCCCCCN)C2. The Balaban J connectivity index is 1.86. The molecule has 0 fully saturated rings. The van der Waals surface area contributed by atoms with E-state index in [1.165, 1.54) is 48.5 Å². The average Bonchev–Trinajstić information content (AvgIpc) is 3.34. The Bertz CT molecular complexity index is 2030. The van der Waals surface area contributed by atoms with E-state index in [1.807, 2.05) is 0 Å². The van der Waals surface area contributed by atoms with Gasteiger partial charge < -0.3 is 41.9 Å². The Morgan fingerprint density at radius 1 is 0.306 bits per heavy atom. The molecule has 0 unspecified atom stereocenters. The van der Waals surface area contributed by atoms with Gasteiger partial charge in [0.2, 0.25) is 0 Å². The first-order chi connectivity index (χ1) is 34.9. The van der Waals surface area contributed by atoms with Crippen molar-refractivity contribution >= 4 is 22.7 Å². The van der Waals surface area contributed by atoms with Crippen molar-refractivity contribution in [2.24, 2.45) is 22.9 Å². The fourth-order valence-corrected chi connectivity index (χ4v) is 9.08. The number of ether oxygens (including phenoxy) is 4. The fraction of sp³-hybridized carbons (Fsp3) is 0.538. The Morgan fingerprint density at radius 2 is 0.472 bits per heavy atom. The molecule has 20 nitrogen and oxygen atoms in total. The molecule has 4 aromatic rings. The van der Waals surface area contributed by atoms with Crippen molar-refractivity contribution in [2.75, 3.05) is 52.6 Å². The second-order valence-corrected chi connectivity index (χ2v) is 18.3. The highest BCUT2D eigenvalue weighted by Crippen LogP contribution is 2.43. The van der Waals surface area contributed by atoms with Crippen molar-refractivity contribution in [3.05, 3.63) is 133 Å². The van der Waals surface area contributed by atoms with Crippen molar-refractivity contribution in [3.8, 4) is 23.0 Å². The number of nitro groups is 4. The molecule has 0 saturated heterocycles. The van der Waals surface area contributed by atoms with E-state index in [4.69, 9.17) is 41.9 Å². The Hall–Kier alpha value is -6.48. The minimum absolute atomic E-state index is 0.132. The van der Waals surface area contributed by atoms with Gasteiger partial charge in [-0.15, -0.1) is 0 Å². The maximum Gasteiger partial charge on any atom is 0.270 e. The minimum Gasteiger partial charge on any atom is -0.493 e. The monoisotopic (exact) mass is 1000 g/mol. The van der Waals surface area contributed by atoms with Gasteiger partial charge in [-0.05, 0) is 77.5 Å². The van der Waals surface area contributed by atoms with Crippen LogP contribution in [0, 0.1) is 40.5 Å². The molecule has 8 bridgehead atoms. The van der Waals surface area contributed by atoms with Gasteiger partial charge in [0, 0.05) is 119 Å². The van der Waals surface area contributed by atoms with Crippen molar-refractivity contribution in [3.63, 3.8) is 0 Å². The predicted molar refractivity (Wildman–Crippen MR) is 276 cm³/mol. The number of nitrogens with zero attached hydrogens (tertiary/aromatic N) is 4. The lowest BCUT2D eigenvalue weighted by Crippen LogP contribution is -2.12. The molecule has 0 atom stereocenters. The summed E-state index contributed by atoms with van der Waals surface area (Å²) < 4.78 is 26.5. The number of benzene rings is 4. The molecule has 0 heterocycles. The minimum atomic E-state index is -0.531. The van der Waals surface area contributed by atoms with Gasteiger partial charge in [0.15, 0.2) is 0 Å². The van der Waals surface area contributed by atoms with Crippen LogP contribution in [0.1, 0.15) is 147 Å². The number of rotatable bonds is 32. The van der Waals surface area contributed by atoms with Crippen LogP contribution >= 0.6 is 0 Å². The van der Waals surface area contributed by atoms with Gasteiger partial charge in [0.05, 0.1) is 46.1 Å². The lowest BCUT2D eigenvalue weighted by atomic mass is 9.90. The maximum absolute atomic E-state index is 12.8. The van der Waals surface area contributed by atoms with Crippen molar-refractivity contribution < 1.29 is 38.6 Å². The summed E-state index contributed by atoms with van der Waals surface area (Å²) in [6.45, 7) is 3.00. The van der Waals surface area contributed by atoms with Gasteiger partial charge in [-0.25, -0.2) is 0 Å².